The Balaban J connectivity index is 2.83. The quantitative estimate of drug-likeness (QED) is 0.699. The third-order valence-corrected chi connectivity index (χ3v) is 6.10. The normalized spacial score (nSPS) is 8.12. The van der Waals surface area contributed by atoms with E-state index in [4.69, 9.17) is 8.25 Å². The second-order valence-electron chi connectivity index (χ2n) is 1.38. The second-order valence-corrected chi connectivity index (χ2v) is 7.94. The molecule has 1 rings (SSSR count). The average Bonchev–Trinajstić information content (AvgIpc) is 1.90. The molecular weight excluding hydrogens is 312 g/mol. The Kier molecular flexibility index (Phi) is 2.69. The minimum absolute atomic E-state index is 1.18. The van der Waals surface area contributed by atoms with Gasteiger partial charge in [-0.25, -0.2) is 0 Å². The monoisotopic (exact) mass is 316 g/mol. The standard InChI is InChI=1S/C4H3N2.ClH.Hg/c1-2-5-4-6-3-1;;/h2-4H;1H;/q;;+1/p-1. The number of rotatable bonds is 1. The Morgan fingerprint density at radius 3 is 2.38 bits per heavy atom. The number of aromatic nitrogens is 2. The van der Waals surface area contributed by atoms with Crippen LogP contribution in [0.2, 0.25) is 0 Å². The molecule has 0 aliphatic carbocycles. The first-order valence-electron chi connectivity index (χ1n) is 2.23. The summed E-state index contributed by atoms with van der Waals surface area (Å²) in [6.45, 7) is 0. The molecule has 0 aromatic carbocycles. The van der Waals surface area contributed by atoms with Crippen molar-refractivity contribution in [3.8, 4) is 0 Å². The molecule has 0 N–H and O–H groups in total. The van der Waals surface area contributed by atoms with Gasteiger partial charge in [0.15, 0.2) is 0 Å². The molecule has 0 aliphatic rings. The van der Waals surface area contributed by atoms with Gasteiger partial charge in [-0.05, 0) is 0 Å². The van der Waals surface area contributed by atoms with Gasteiger partial charge >= 0.3 is 63.4 Å². The van der Waals surface area contributed by atoms with Crippen molar-refractivity contribution >= 4 is 11.3 Å². The van der Waals surface area contributed by atoms with Crippen LogP contribution in [0.15, 0.2) is 18.7 Å². The molecule has 8 heavy (non-hydrogen) atoms. The zero-order valence-corrected chi connectivity index (χ0v) is 10.5. The molecule has 0 radical (unpaired) electrons. The summed E-state index contributed by atoms with van der Waals surface area (Å²) in [4.78, 5) is 7.63. The van der Waals surface area contributed by atoms with E-state index in [2.05, 4.69) is 9.97 Å². The van der Waals surface area contributed by atoms with E-state index in [1.54, 1.807) is 12.4 Å². The Hall–Kier alpha value is 0.305. The first kappa shape index (κ1) is 6.43. The Morgan fingerprint density at radius 1 is 1.38 bits per heavy atom. The van der Waals surface area contributed by atoms with Crippen LogP contribution in [0.5, 0.6) is 0 Å². The summed E-state index contributed by atoms with van der Waals surface area (Å²) < 4.78 is 1.18. The molecule has 0 amide bonds. The van der Waals surface area contributed by atoms with Crippen LogP contribution in [-0.4, -0.2) is 9.97 Å². The third kappa shape index (κ3) is 1.67. The van der Waals surface area contributed by atoms with Crippen LogP contribution in [0.1, 0.15) is 0 Å². The predicted molar refractivity (Wildman–Crippen MR) is 27.5 cm³/mol. The Morgan fingerprint density at radius 2 is 2.00 bits per heavy atom. The van der Waals surface area contributed by atoms with Crippen molar-refractivity contribution in [1.82, 2.24) is 9.97 Å². The van der Waals surface area contributed by atoms with E-state index in [-0.39, 0.29) is 0 Å². The van der Waals surface area contributed by atoms with Crippen LogP contribution >= 0.6 is 8.25 Å². The molecule has 1 aromatic rings. The van der Waals surface area contributed by atoms with Gasteiger partial charge in [0.1, 0.15) is 0 Å². The average molecular weight is 315 g/mol. The zero-order chi connectivity index (χ0) is 5.82. The minimum atomic E-state index is -1.19. The number of nitrogens with zero attached hydrogens (tertiary/aromatic N) is 2. The molecule has 0 spiro atoms. The van der Waals surface area contributed by atoms with Crippen molar-refractivity contribution in [2.24, 2.45) is 0 Å². The van der Waals surface area contributed by atoms with Gasteiger partial charge in [0.05, 0.1) is 0 Å². The van der Waals surface area contributed by atoms with Crippen molar-refractivity contribution in [2.45, 2.75) is 0 Å². The van der Waals surface area contributed by atoms with E-state index in [9.17, 15) is 0 Å². The summed E-state index contributed by atoms with van der Waals surface area (Å²) in [6, 6.07) is 0. The molecule has 0 aliphatic heterocycles. The summed E-state index contributed by atoms with van der Waals surface area (Å²) in [5.41, 5.74) is 0. The number of hydrogen-bond donors (Lipinski definition) is 0. The van der Waals surface area contributed by atoms with Gasteiger partial charge in [-0.1, -0.05) is 0 Å². The van der Waals surface area contributed by atoms with Crippen LogP contribution in [-0.2, 0) is 23.3 Å². The van der Waals surface area contributed by atoms with Crippen molar-refractivity contribution in [3.05, 3.63) is 18.7 Å². The molecule has 0 bridgehead atoms. The van der Waals surface area contributed by atoms with E-state index in [1.807, 2.05) is 0 Å². The van der Waals surface area contributed by atoms with E-state index < -0.39 is 23.3 Å². The van der Waals surface area contributed by atoms with E-state index in [1.165, 1.54) is 9.40 Å². The molecule has 2 nitrogen and oxygen atoms in total. The van der Waals surface area contributed by atoms with Crippen molar-refractivity contribution < 1.29 is 23.3 Å². The topological polar surface area (TPSA) is 25.8 Å². The van der Waals surface area contributed by atoms with Crippen molar-refractivity contribution in [1.29, 1.82) is 0 Å². The van der Waals surface area contributed by atoms with Gasteiger partial charge in [-0.15, -0.1) is 0 Å². The van der Waals surface area contributed by atoms with Gasteiger partial charge < -0.3 is 0 Å². The number of hydrogen-bond acceptors (Lipinski definition) is 2. The van der Waals surface area contributed by atoms with Gasteiger partial charge in [0, 0.05) is 0 Å². The molecule has 0 atom stereocenters. The molecule has 0 saturated heterocycles. The molecule has 1 aromatic heterocycles. The van der Waals surface area contributed by atoms with Crippen LogP contribution in [0, 0.1) is 0 Å². The molecule has 1 heterocycles. The summed E-state index contributed by atoms with van der Waals surface area (Å²) >= 11 is -1.19. The fourth-order valence-corrected chi connectivity index (χ4v) is 2.97. The third-order valence-electron chi connectivity index (χ3n) is 0.768. The fraction of sp³-hybridized carbons (Fsp3) is 0. The molecule has 4 heteroatoms. The van der Waals surface area contributed by atoms with Crippen LogP contribution < -0.4 is 3.07 Å². The molecule has 0 unspecified atom stereocenters. The Bertz CT molecular complexity index is 155. The molecular formula is C4H3ClHgN2. The maximum atomic E-state index is 5.67. The first-order valence-corrected chi connectivity index (χ1v) is 11.7. The molecule has 0 saturated carbocycles. The van der Waals surface area contributed by atoms with E-state index in [0.717, 1.165) is 0 Å². The van der Waals surface area contributed by atoms with Crippen LogP contribution in [0.3, 0.4) is 0 Å². The summed E-state index contributed by atoms with van der Waals surface area (Å²) in [6.07, 6.45) is 5.10. The summed E-state index contributed by atoms with van der Waals surface area (Å²) in [5.74, 6) is 0. The van der Waals surface area contributed by atoms with E-state index >= 15 is 0 Å². The van der Waals surface area contributed by atoms with Gasteiger partial charge in [0.2, 0.25) is 0 Å². The second kappa shape index (κ2) is 3.35. The summed E-state index contributed by atoms with van der Waals surface area (Å²) in [5, 5.41) is 0. The Labute approximate surface area is 63.2 Å². The van der Waals surface area contributed by atoms with Crippen molar-refractivity contribution in [2.75, 3.05) is 0 Å². The van der Waals surface area contributed by atoms with E-state index in [0.29, 0.717) is 0 Å². The van der Waals surface area contributed by atoms with Gasteiger partial charge in [0.25, 0.3) is 0 Å². The maximum absolute atomic E-state index is 5.67. The SMILES string of the molecule is [Cl][Hg][c]1cncnc1. The molecule has 38 valence electrons. The zero-order valence-electron chi connectivity index (χ0n) is 4.21. The van der Waals surface area contributed by atoms with Crippen LogP contribution in [0.25, 0.3) is 0 Å². The predicted octanol–water partition coefficient (Wildman–Crippen LogP) is 0.338. The van der Waals surface area contributed by atoms with Gasteiger partial charge in [-0.3, -0.25) is 0 Å². The molecule has 0 fully saturated rings. The fourth-order valence-electron chi connectivity index (χ4n) is 0.399. The first-order chi connectivity index (χ1) is 3.93. The number of halogens is 1. The van der Waals surface area contributed by atoms with Crippen LogP contribution in [0.4, 0.5) is 0 Å². The van der Waals surface area contributed by atoms with Gasteiger partial charge in [-0.2, -0.15) is 0 Å². The van der Waals surface area contributed by atoms with Crippen molar-refractivity contribution in [3.63, 3.8) is 0 Å². The summed E-state index contributed by atoms with van der Waals surface area (Å²) in [7, 11) is 5.67.